The van der Waals surface area contributed by atoms with Gasteiger partial charge in [0.15, 0.2) is 0 Å². The van der Waals surface area contributed by atoms with E-state index in [4.69, 9.17) is 5.73 Å². The maximum absolute atomic E-state index is 11.7. The molecule has 0 bridgehead atoms. The number of nitrogens with two attached hydrogens (primary N) is 1. The average Bonchev–Trinajstić information content (AvgIpc) is 2.64. The van der Waals surface area contributed by atoms with Gasteiger partial charge in [-0.05, 0) is 13.8 Å². The van der Waals surface area contributed by atoms with E-state index in [1.807, 2.05) is 13.8 Å². The van der Waals surface area contributed by atoms with Crippen molar-refractivity contribution in [2.45, 2.75) is 26.4 Å². The van der Waals surface area contributed by atoms with Crippen molar-refractivity contribution in [3.63, 3.8) is 0 Å². The highest BCUT2D eigenvalue weighted by molar-refractivity contribution is 5.75. The molecule has 1 aromatic heterocycles. The first-order valence-electron chi connectivity index (χ1n) is 5.05. The Morgan fingerprint density at radius 3 is 2.93 bits per heavy atom. The number of nitrogens with zero attached hydrogens (tertiary/aromatic N) is 3. The van der Waals surface area contributed by atoms with Gasteiger partial charge in [0.2, 0.25) is 5.91 Å². The zero-order chi connectivity index (χ0) is 11.4. The van der Waals surface area contributed by atoms with Crippen molar-refractivity contribution < 1.29 is 4.79 Å². The Hall–Kier alpha value is -1.36. The molecule has 0 aromatic carbocycles. The minimum Gasteiger partial charge on any atom is -0.344 e. The van der Waals surface area contributed by atoms with E-state index in [-0.39, 0.29) is 11.9 Å². The van der Waals surface area contributed by atoms with E-state index in [1.54, 1.807) is 29.0 Å². The highest BCUT2D eigenvalue weighted by Gasteiger charge is 2.12. The number of carbonyl (C=O) groups is 1. The van der Waals surface area contributed by atoms with Gasteiger partial charge in [-0.3, -0.25) is 4.79 Å². The zero-order valence-electron chi connectivity index (χ0n) is 9.47. The van der Waals surface area contributed by atoms with Crippen molar-refractivity contribution in [2.24, 2.45) is 5.73 Å². The molecule has 0 saturated heterocycles. The Morgan fingerprint density at radius 1 is 1.73 bits per heavy atom. The first-order valence-corrected chi connectivity index (χ1v) is 5.05. The maximum Gasteiger partial charge on any atom is 0.242 e. The van der Waals surface area contributed by atoms with Gasteiger partial charge in [-0.15, -0.1) is 0 Å². The molecular weight excluding hydrogens is 192 g/mol. The topological polar surface area (TPSA) is 64.2 Å². The molecular formula is C10H18N4O. The van der Waals surface area contributed by atoms with Crippen LogP contribution in [0.5, 0.6) is 0 Å². The van der Waals surface area contributed by atoms with Crippen LogP contribution in [0, 0.1) is 0 Å². The van der Waals surface area contributed by atoms with Crippen molar-refractivity contribution >= 4 is 5.91 Å². The SMILES string of the molecule is CCN(C)C(=O)Cn1cncc1C(C)N. The molecule has 0 fully saturated rings. The third kappa shape index (κ3) is 2.79. The maximum atomic E-state index is 11.7. The Bertz CT molecular complexity index is 332. The third-order valence-electron chi connectivity index (χ3n) is 2.42. The molecule has 1 amide bonds. The fraction of sp³-hybridized carbons (Fsp3) is 0.600. The summed E-state index contributed by atoms with van der Waals surface area (Å²) in [6.07, 6.45) is 3.34. The van der Waals surface area contributed by atoms with Crippen LogP contribution in [0.1, 0.15) is 25.6 Å². The minimum absolute atomic E-state index is 0.0670. The van der Waals surface area contributed by atoms with Crippen molar-refractivity contribution in [2.75, 3.05) is 13.6 Å². The molecule has 5 heteroatoms. The second-order valence-corrected chi connectivity index (χ2v) is 3.64. The molecule has 0 radical (unpaired) electrons. The van der Waals surface area contributed by atoms with Crippen LogP contribution >= 0.6 is 0 Å². The van der Waals surface area contributed by atoms with Gasteiger partial charge in [-0.2, -0.15) is 0 Å². The molecule has 0 aliphatic rings. The second-order valence-electron chi connectivity index (χ2n) is 3.64. The van der Waals surface area contributed by atoms with Crippen LogP contribution in [-0.2, 0) is 11.3 Å². The summed E-state index contributed by atoms with van der Waals surface area (Å²) in [6, 6.07) is -0.104. The highest BCUT2D eigenvalue weighted by atomic mass is 16.2. The van der Waals surface area contributed by atoms with E-state index in [1.165, 1.54) is 0 Å². The smallest absolute Gasteiger partial charge is 0.242 e. The molecule has 0 aliphatic carbocycles. The lowest BCUT2D eigenvalue weighted by Crippen LogP contribution is -2.30. The van der Waals surface area contributed by atoms with Gasteiger partial charge in [0, 0.05) is 25.8 Å². The number of carbonyl (C=O) groups excluding carboxylic acids is 1. The minimum atomic E-state index is -0.104. The molecule has 1 rings (SSSR count). The molecule has 1 heterocycles. The number of hydrogen-bond acceptors (Lipinski definition) is 3. The fourth-order valence-corrected chi connectivity index (χ4v) is 1.29. The number of likely N-dealkylation sites (N-methyl/N-ethyl adjacent to an activating group) is 1. The number of hydrogen-bond donors (Lipinski definition) is 1. The van der Waals surface area contributed by atoms with Gasteiger partial charge in [0.05, 0.1) is 12.0 Å². The van der Waals surface area contributed by atoms with Crippen LogP contribution < -0.4 is 5.73 Å². The summed E-state index contributed by atoms with van der Waals surface area (Å²) in [5, 5.41) is 0. The normalized spacial score (nSPS) is 12.5. The zero-order valence-corrected chi connectivity index (χ0v) is 9.47. The van der Waals surface area contributed by atoms with E-state index >= 15 is 0 Å². The number of aromatic nitrogens is 2. The molecule has 1 atom stereocenters. The van der Waals surface area contributed by atoms with Gasteiger partial charge in [-0.25, -0.2) is 4.98 Å². The first kappa shape index (κ1) is 11.7. The van der Waals surface area contributed by atoms with Crippen LogP contribution in [0.15, 0.2) is 12.5 Å². The Kier molecular flexibility index (Phi) is 3.85. The summed E-state index contributed by atoms with van der Waals surface area (Å²) in [4.78, 5) is 17.3. The van der Waals surface area contributed by atoms with Crippen molar-refractivity contribution in [1.82, 2.24) is 14.5 Å². The quantitative estimate of drug-likeness (QED) is 0.781. The largest absolute Gasteiger partial charge is 0.344 e. The molecule has 84 valence electrons. The molecule has 0 saturated carbocycles. The lowest BCUT2D eigenvalue weighted by Gasteiger charge is -2.16. The van der Waals surface area contributed by atoms with Crippen LogP contribution in [0.25, 0.3) is 0 Å². The van der Waals surface area contributed by atoms with Gasteiger partial charge in [0.25, 0.3) is 0 Å². The van der Waals surface area contributed by atoms with Crippen LogP contribution in [0.4, 0.5) is 0 Å². The van der Waals surface area contributed by atoms with Crippen LogP contribution in [-0.4, -0.2) is 34.0 Å². The first-order chi connectivity index (χ1) is 7.06. The third-order valence-corrected chi connectivity index (χ3v) is 2.42. The van der Waals surface area contributed by atoms with Crippen molar-refractivity contribution in [1.29, 1.82) is 0 Å². The van der Waals surface area contributed by atoms with Gasteiger partial charge >= 0.3 is 0 Å². The molecule has 0 spiro atoms. The van der Waals surface area contributed by atoms with E-state index in [0.717, 1.165) is 5.69 Å². The predicted molar refractivity (Wildman–Crippen MR) is 58.1 cm³/mol. The van der Waals surface area contributed by atoms with E-state index in [9.17, 15) is 4.79 Å². The Labute approximate surface area is 89.9 Å². The van der Waals surface area contributed by atoms with Gasteiger partial charge < -0.3 is 15.2 Å². The van der Waals surface area contributed by atoms with Crippen LogP contribution in [0.3, 0.4) is 0 Å². The summed E-state index contributed by atoms with van der Waals surface area (Å²) in [5.41, 5.74) is 6.64. The summed E-state index contributed by atoms with van der Waals surface area (Å²) < 4.78 is 1.79. The molecule has 1 unspecified atom stereocenters. The van der Waals surface area contributed by atoms with Crippen molar-refractivity contribution in [3.8, 4) is 0 Å². The summed E-state index contributed by atoms with van der Waals surface area (Å²) >= 11 is 0. The second kappa shape index (κ2) is 4.93. The van der Waals surface area contributed by atoms with E-state index in [0.29, 0.717) is 13.1 Å². The van der Waals surface area contributed by atoms with Crippen molar-refractivity contribution in [3.05, 3.63) is 18.2 Å². The average molecular weight is 210 g/mol. The van der Waals surface area contributed by atoms with E-state index < -0.39 is 0 Å². The summed E-state index contributed by atoms with van der Waals surface area (Å²) in [5.74, 6) is 0.0670. The van der Waals surface area contributed by atoms with Gasteiger partial charge in [0.1, 0.15) is 6.54 Å². The Morgan fingerprint density at radius 2 is 2.40 bits per heavy atom. The highest BCUT2D eigenvalue weighted by Crippen LogP contribution is 2.08. The summed E-state index contributed by atoms with van der Waals surface area (Å²) in [6.45, 7) is 4.84. The van der Waals surface area contributed by atoms with Gasteiger partial charge in [-0.1, -0.05) is 0 Å². The molecule has 2 N–H and O–H groups in total. The lowest BCUT2D eigenvalue weighted by molar-refractivity contribution is -0.130. The monoisotopic (exact) mass is 210 g/mol. The summed E-state index contributed by atoms with van der Waals surface area (Å²) in [7, 11) is 1.78. The molecule has 15 heavy (non-hydrogen) atoms. The molecule has 5 nitrogen and oxygen atoms in total. The van der Waals surface area contributed by atoms with E-state index in [2.05, 4.69) is 4.98 Å². The van der Waals surface area contributed by atoms with Crippen LogP contribution in [0.2, 0.25) is 0 Å². The molecule has 1 aromatic rings. The Balaban J connectivity index is 2.72. The molecule has 0 aliphatic heterocycles. The lowest BCUT2D eigenvalue weighted by atomic mass is 10.3. The number of amides is 1. The predicted octanol–water partition coefficient (Wildman–Crippen LogP) is 0.381. The standard InChI is InChI=1S/C10H18N4O/c1-4-13(3)10(15)6-14-7-12-5-9(14)8(2)11/h5,7-8H,4,6,11H2,1-3H3. The fourth-order valence-electron chi connectivity index (χ4n) is 1.29. The number of imidazole rings is 1. The number of rotatable bonds is 4.